The summed E-state index contributed by atoms with van der Waals surface area (Å²) in [6, 6.07) is 10.9. The van der Waals surface area contributed by atoms with Crippen LogP contribution in [0.2, 0.25) is 5.02 Å². The molecule has 190 valence electrons. The SMILES string of the molecule is CC(=O)c1ccc(S(=O)(=O)n2nc(N3CCN(c4ncc(F)cn4)CC34CC4)c3c(Cl)cccc32)cc1. The molecule has 0 amide bonds. The molecule has 1 aliphatic heterocycles. The van der Waals surface area contributed by atoms with Crippen LogP contribution < -0.4 is 9.80 Å². The molecule has 2 aliphatic rings. The molecule has 2 aromatic carbocycles. The van der Waals surface area contributed by atoms with Gasteiger partial charge >= 0.3 is 0 Å². The monoisotopic (exact) mass is 540 g/mol. The van der Waals surface area contributed by atoms with Crippen LogP contribution in [0.5, 0.6) is 0 Å². The maximum absolute atomic E-state index is 13.7. The fourth-order valence-corrected chi connectivity index (χ4v) is 6.47. The van der Waals surface area contributed by atoms with Crippen LogP contribution in [-0.2, 0) is 10.0 Å². The van der Waals surface area contributed by atoms with E-state index in [-0.39, 0.29) is 16.2 Å². The van der Waals surface area contributed by atoms with Gasteiger partial charge in [-0.15, -0.1) is 5.10 Å². The molecule has 2 aromatic heterocycles. The molecule has 4 aromatic rings. The minimum Gasteiger partial charge on any atom is -0.345 e. The number of rotatable bonds is 5. The summed E-state index contributed by atoms with van der Waals surface area (Å²) in [5.74, 6) is 0.314. The molecule has 1 spiro atoms. The molecule has 2 fully saturated rings. The number of ketones is 1. The first kappa shape index (κ1) is 23.8. The van der Waals surface area contributed by atoms with Gasteiger partial charge in [-0.1, -0.05) is 29.8 Å². The fourth-order valence-electron chi connectivity index (χ4n) is 4.94. The maximum Gasteiger partial charge on any atom is 0.283 e. The molecule has 12 heteroatoms. The molecule has 1 saturated heterocycles. The Morgan fingerprint density at radius 1 is 1.05 bits per heavy atom. The molecule has 6 rings (SSSR count). The van der Waals surface area contributed by atoms with E-state index in [2.05, 4.69) is 20.0 Å². The fraction of sp³-hybridized carbons (Fsp3) is 0.280. The summed E-state index contributed by atoms with van der Waals surface area (Å²) in [7, 11) is -4.07. The van der Waals surface area contributed by atoms with Crippen molar-refractivity contribution < 1.29 is 17.6 Å². The average Bonchev–Trinajstić information content (AvgIpc) is 3.52. The van der Waals surface area contributed by atoms with E-state index in [1.54, 1.807) is 18.2 Å². The Balaban J connectivity index is 1.41. The number of carbonyl (C=O) groups is 1. The van der Waals surface area contributed by atoms with Gasteiger partial charge in [-0.05, 0) is 44.0 Å². The smallest absolute Gasteiger partial charge is 0.283 e. The van der Waals surface area contributed by atoms with Crippen molar-refractivity contribution in [3.05, 3.63) is 71.3 Å². The third-order valence-corrected chi connectivity index (χ3v) is 8.93. The number of nitrogens with zero attached hydrogens (tertiary/aromatic N) is 6. The third-order valence-electron chi connectivity index (χ3n) is 7.02. The predicted octanol–water partition coefficient (Wildman–Crippen LogP) is 3.92. The second-order valence-electron chi connectivity index (χ2n) is 9.38. The van der Waals surface area contributed by atoms with Crippen LogP contribution in [0.15, 0.2) is 59.8 Å². The van der Waals surface area contributed by atoms with Gasteiger partial charge in [0.2, 0.25) is 5.95 Å². The lowest BCUT2D eigenvalue weighted by molar-refractivity contribution is 0.101. The first-order valence-corrected chi connectivity index (χ1v) is 13.6. The first-order valence-electron chi connectivity index (χ1n) is 11.7. The highest BCUT2D eigenvalue weighted by Gasteiger charge is 2.53. The Bertz CT molecular complexity index is 1640. The van der Waals surface area contributed by atoms with E-state index in [4.69, 9.17) is 11.6 Å². The summed E-state index contributed by atoms with van der Waals surface area (Å²) < 4.78 is 41.7. The highest BCUT2D eigenvalue weighted by atomic mass is 35.5. The lowest BCUT2D eigenvalue weighted by Crippen LogP contribution is -2.56. The molecule has 0 atom stereocenters. The zero-order valence-corrected chi connectivity index (χ0v) is 21.4. The highest BCUT2D eigenvalue weighted by Crippen LogP contribution is 2.49. The lowest BCUT2D eigenvalue weighted by Gasteiger charge is -2.42. The van der Waals surface area contributed by atoms with Crippen molar-refractivity contribution in [3.63, 3.8) is 0 Å². The van der Waals surface area contributed by atoms with Crippen molar-refractivity contribution in [2.45, 2.75) is 30.2 Å². The zero-order chi connectivity index (χ0) is 25.9. The van der Waals surface area contributed by atoms with Gasteiger partial charge in [0.25, 0.3) is 10.0 Å². The Hall–Kier alpha value is -3.57. The minimum atomic E-state index is -4.07. The van der Waals surface area contributed by atoms with Crippen LogP contribution >= 0.6 is 11.6 Å². The molecule has 0 N–H and O–H groups in total. The van der Waals surface area contributed by atoms with Gasteiger partial charge in [0.1, 0.15) is 0 Å². The van der Waals surface area contributed by atoms with Crippen LogP contribution in [-0.4, -0.2) is 58.5 Å². The summed E-state index contributed by atoms with van der Waals surface area (Å²) in [6.07, 6.45) is 4.06. The quantitative estimate of drug-likeness (QED) is 0.351. The number of halogens is 2. The van der Waals surface area contributed by atoms with Crippen LogP contribution in [0.3, 0.4) is 0 Å². The van der Waals surface area contributed by atoms with E-state index in [1.165, 1.54) is 31.2 Å². The topological polar surface area (TPSA) is 101 Å². The van der Waals surface area contributed by atoms with Crippen molar-refractivity contribution in [1.29, 1.82) is 0 Å². The van der Waals surface area contributed by atoms with E-state index in [0.717, 1.165) is 29.3 Å². The first-order chi connectivity index (χ1) is 17.7. The van der Waals surface area contributed by atoms with Gasteiger partial charge in [-0.25, -0.2) is 14.4 Å². The molecular weight excluding hydrogens is 519 g/mol. The zero-order valence-electron chi connectivity index (χ0n) is 19.8. The summed E-state index contributed by atoms with van der Waals surface area (Å²) in [5.41, 5.74) is 0.513. The highest BCUT2D eigenvalue weighted by molar-refractivity contribution is 7.90. The van der Waals surface area contributed by atoms with Crippen LogP contribution in [0.25, 0.3) is 10.9 Å². The van der Waals surface area contributed by atoms with Gasteiger partial charge in [0.05, 0.1) is 38.8 Å². The van der Waals surface area contributed by atoms with Crippen LogP contribution in [0.4, 0.5) is 16.2 Å². The van der Waals surface area contributed by atoms with Gasteiger partial charge in [-0.3, -0.25) is 4.79 Å². The number of anilines is 2. The number of hydrogen-bond donors (Lipinski definition) is 0. The minimum absolute atomic E-state index is 0.0211. The molecular formula is C25H22ClFN6O3S. The lowest BCUT2D eigenvalue weighted by atomic mass is 10.1. The Labute approximate surface area is 217 Å². The van der Waals surface area contributed by atoms with Crippen molar-refractivity contribution in [2.75, 3.05) is 29.4 Å². The van der Waals surface area contributed by atoms with Gasteiger partial charge in [-0.2, -0.15) is 12.5 Å². The van der Waals surface area contributed by atoms with Crippen molar-refractivity contribution in [1.82, 2.24) is 19.2 Å². The molecule has 0 bridgehead atoms. The molecule has 9 nitrogen and oxygen atoms in total. The molecule has 37 heavy (non-hydrogen) atoms. The van der Waals surface area contributed by atoms with Gasteiger partial charge in [0, 0.05) is 25.2 Å². The number of fused-ring (bicyclic) bond motifs is 1. The number of benzene rings is 2. The van der Waals surface area contributed by atoms with Gasteiger partial charge in [0.15, 0.2) is 17.4 Å². The summed E-state index contributed by atoms with van der Waals surface area (Å²) in [5, 5.41) is 5.59. The predicted molar refractivity (Wildman–Crippen MR) is 137 cm³/mol. The van der Waals surface area contributed by atoms with Crippen LogP contribution in [0.1, 0.15) is 30.1 Å². The largest absolute Gasteiger partial charge is 0.345 e. The normalized spacial score (nSPS) is 16.9. The summed E-state index contributed by atoms with van der Waals surface area (Å²) in [6.45, 7) is 3.10. The van der Waals surface area contributed by atoms with E-state index in [9.17, 15) is 17.6 Å². The van der Waals surface area contributed by atoms with Crippen molar-refractivity contribution in [2.24, 2.45) is 0 Å². The Morgan fingerprint density at radius 3 is 2.41 bits per heavy atom. The maximum atomic E-state index is 13.7. The second-order valence-corrected chi connectivity index (χ2v) is 11.6. The standard InChI is InChI=1S/C25H22ClFN6O3S/c1-16(34)17-5-7-19(8-6-17)37(35,36)33-21-4-2-3-20(26)22(21)23(30-33)32-12-11-31(15-25(32)9-10-25)24-28-13-18(27)14-29-24/h2-8,13-14H,9-12,15H2,1H3. The number of hydrogen-bond acceptors (Lipinski definition) is 8. The number of carbonyl (C=O) groups excluding carboxylic acids is 1. The Kier molecular flexibility index (Phi) is 5.46. The Morgan fingerprint density at radius 2 is 1.76 bits per heavy atom. The number of piperazine rings is 1. The van der Waals surface area contributed by atoms with E-state index in [1.807, 2.05) is 4.90 Å². The van der Waals surface area contributed by atoms with Crippen molar-refractivity contribution in [3.8, 4) is 0 Å². The van der Waals surface area contributed by atoms with Gasteiger partial charge < -0.3 is 9.80 Å². The summed E-state index contributed by atoms with van der Waals surface area (Å²) >= 11 is 6.62. The van der Waals surface area contributed by atoms with Crippen molar-refractivity contribution >= 4 is 50.1 Å². The molecule has 3 heterocycles. The number of Topliss-reactive ketones (excluding diaryl/α,β-unsaturated/α-hetero) is 1. The average molecular weight is 541 g/mol. The van der Waals surface area contributed by atoms with E-state index in [0.29, 0.717) is 52.9 Å². The van der Waals surface area contributed by atoms with E-state index >= 15 is 0 Å². The third kappa shape index (κ3) is 3.93. The second kappa shape index (κ2) is 8.49. The molecule has 0 radical (unpaired) electrons. The van der Waals surface area contributed by atoms with Crippen LogP contribution in [0, 0.1) is 5.82 Å². The molecule has 1 saturated carbocycles. The molecule has 1 aliphatic carbocycles. The number of aromatic nitrogens is 4. The summed E-state index contributed by atoms with van der Waals surface area (Å²) in [4.78, 5) is 24.1. The molecule has 0 unspecified atom stereocenters. The van der Waals surface area contributed by atoms with E-state index < -0.39 is 15.8 Å².